The van der Waals surface area contributed by atoms with Gasteiger partial charge in [0.05, 0.1) is 18.8 Å². The minimum absolute atomic E-state index is 0.0423. The zero-order valence-electron chi connectivity index (χ0n) is 14.5. The molecule has 2 aromatic rings. The summed E-state index contributed by atoms with van der Waals surface area (Å²) >= 11 is 0. The van der Waals surface area contributed by atoms with E-state index in [2.05, 4.69) is 5.73 Å². The van der Waals surface area contributed by atoms with E-state index in [1.807, 2.05) is 30.3 Å². The van der Waals surface area contributed by atoms with Gasteiger partial charge in [-0.25, -0.2) is 0 Å². The van der Waals surface area contributed by atoms with Gasteiger partial charge in [-0.05, 0) is 24.3 Å². The Morgan fingerprint density at radius 3 is 2.42 bits per heavy atom. The van der Waals surface area contributed by atoms with Crippen LogP contribution in [0.15, 0.2) is 72.0 Å². The van der Waals surface area contributed by atoms with Gasteiger partial charge in [0.15, 0.2) is 0 Å². The lowest BCUT2D eigenvalue weighted by Crippen LogP contribution is -2.15. The van der Waals surface area contributed by atoms with Gasteiger partial charge in [0, 0.05) is 24.0 Å². The van der Waals surface area contributed by atoms with E-state index < -0.39 is 12.2 Å². The maximum absolute atomic E-state index is 10.2. The van der Waals surface area contributed by atoms with E-state index in [0.717, 1.165) is 0 Å². The highest BCUT2D eigenvalue weighted by Crippen LogP contribution is 2.25. The third-order valence-corrected chi connectivity index (χ3v) is 3.79. The van der Waals surface area contributed by atoms with E-state index in [-0.39, 0.29) is 31.8 Å². The van der Waals surface area contributed by atoms with Crippen molar-refractivity contribution in [3.8, 4) is 11.5 Å². The van der Waals surface area contributed by atoms with Gasteiger partial charge >= 0.3 is 0 Å². The van der Waals surface area contributed by atoms with Crippen LogP contribution in [-0.2, 0) is 0 Å². The van der Waals surface area contributed by atoms with Gasteiger partial charge in [-0.1, -0.05) is 36.4 Å². The van der Waals surface area contributed by atoms with Gasteiger partial charge in [0.1, 0.15) is 18.1 Å². The second kappa shape index (κ2) is 10.4. The van der Waals surface area contributed by atoms with Crippen molar-refractivity contribution >= 4 is 0 Å². The summed E-state index contributed by atoms with van der Waals surface area (Å²) in [7, 11) is 0. The van der Waals surface area contributed by atoms with Crippen LogP contribution in [0.4, 0.5) is 0 Å². The van der Waals surface area contributed by atoms with Gasteiger partial charge in [0.25, 0.3) is 0 Å². The fraction of sp³-hybridized carbons (Fsp3) is 0.286. The summed E-state index contributed by atoms with van der Waals surface area (Å²) in [5, 5.41) is 38.7. The van der Waals surface area contributed by atoms with Crippen molar-refractivity contribution in [2.75, 3.05) is 13.2 Å². The summed E-state index contributed by atoms with van der Waals surface area (Å²) in [6.45, 7) is -0.138. The normalized spacial score (nSPS) is 12.7. The Labute approximate surface area is 153 Å². The number of aliphatic hydroxyl groups excluding tert-OH is 3. The highest BCUT2D eigenvalue weighted by atomic mass is 16.5. The first-order chi connectivity index (χ1) is 12.6. The molecule has 0 aliphatic rings. The van der Waals surface area contributed by atoms with Gasteiger partial charge in [-0.3, -0.25) is 0 Å². The summed E-state index contributed by atoms with van der Waals surface area (Å²) < 4.78 is 5.66. The fourth-order valence-corrected chi connectivity index (χ4v) is 2.41. The summed E-state index contributed by atoms with van der Waals surface area (Å²) in [6, 6.07) is 15.9. The van der Waals surface area contributed by atoms with E-state index in [4.69, 9.17) is 9.84 Å². The molecule has 2 rings (SSSR count). The molecule has 0 saturated carbocycles. The van der Waals surface area contributed by atoms with Crippen molar-refractivity contribution < 1.29 is 25.2 Å². The van der Waals surface area contributed by atoms with Crippen LogP contribution in [0.2, 0.25) is 0 Å². The molecule has 0 heterocycles. The molecule has 5 nitrogen and oxygen atoms in total. The zero-order chi connectivity index (χ0) is 18.8. The number of para-hydroxylation sites is 2. The first kappa shape index (κ1) is 19.8. The SMILES string of the molecule is OC[C@H](O)CC(=C=CC[C@@H](O)c1ccccc1O)COc1ccccc1. The smallest absolute Gasteiger partial charge is 0.121 e. The average Bonchev–Trinajstić information content (AvgIpc) is 2.66. The van der Waals surface area contributed by atoms with E-state index in [9.17, 15) is 15.3 Å². The van der Waals surface area contributed by atoms with Crippen molar-refractivity contribution in [2.24, 2.45) is 0 Å². The highest BCUT2D eigenvalue weighted by molar-refractivity contribution is 5.33. The monoisotopic (exact) mass is 356 g/mol. The summed E-state index contributed by atoms with van der Waals surface area (Å²) in [5.41, 5.74) is 4.14. The lowest BCUT2D eigenvalue weighted by Gasteiger charge is -2.12. The predicted octanol–water partition coefficient (Wildman–Crippen LogP) is 2.72. The number of ether oxygens (including phenoxy) is 1. The Bertz CT molecular complexity index is 735. The van der Waals surface area contributed by atoms with Crippen LogP contribution in [0.25, 0.3) is 0 Å². The largest absolute Gasteiger partial charge is 0.508 e. The summed E-state index contributed by atoms with van der Waals surface area (Å²) in [6.07, 6.45) is 0.357. The number of phenols is 1. The molecule has 0 spiro atoms. The first-order valence-electron chi connectivity index (χ1n) is 8.45. The molecule has 0 bridgehead atoms. The second-order valence-corrected chi connectivity index (χ2v) is 5.90. The Morgan fingerprint density at radius 2 is 1.73 bits per heavy atom. The molecule has 0 unspecified atom stereocenters. The lowest BCUT2D eigenvalue weighted by molar-refractivity contribution is 0.0934. The molecule has 4 N–H and O–H groups in total. The van der Waals surface area contributed by atoms with Crippen molar-refractivity contribution in [3.05, 3.63) is 77.5 Å². The van der Waals surface area contributed by atoms with Crippen molar-refractivity contribution in [1.29, 1.82) is 0 Å². The molecule has 5 heteroatoms. The van der Waals surface area contributed by atoms with Gasteiger partial charge in [-0.2, -0.15) is 0 Å². The second-order valence-electron chi connectivity index (χ2n) is 5.90. The molecule has 0 fully saturated rings. The summed E-state index contributed by atoms with van der Waals surface area (Å²) in [4.78, 5) is 0. The highest BCUT2D eigenvalue weighted by Gasteiger charge is 2.10. The van der Waals surface area contributed by atoms with Crippen LogP contribution in [0.5, 0.6) is 11.5 Å². The minimum atomic E-state index is -0.895. The van der Waals surface area contributed by atoms with Gasteiger partial charge in [0.2, 0.25) is 0 Å². The van der Waals surface area contributed by atoms with E-state index in [0.29, 0.717) is 16.9 Å². The molecule has 0 aliphatic carbocycles. The maximum atomic E-state index is 10.2. The van der Waals surface area contributed by atoms with Crippen LogP contribution in [-0.4, -0.2) is 39.7 Å². The van der Waals surface area contributed by atoms with E-state index >= 15 is 0 Å². The van der Waals surface area contributed by atoms with Crippen LogP contribution in [0.1, 0.15) is 24.5 Å². The number of aliphatic hydroxyl groups is 3. The van der Waals surface area contributed by atoms with Crippen molar-refractivity contribution in [1.82, 2.24) is 0 Å². The number of rotatable bonds is 9. The maximum Gasteiger partial charge on any atom is 0.121 e. The number of hydrogen-bond donors (Lipinski definition) is 4. The predicted molar refractivity (Wildman–Crippen MR) is 98.9 cm³/mol. The number of aromatic hydroxyl groups is 1. The Hall–Kier alpha value is -2.56. The molecule has 26 heavy (non-hydrogen) atoms. The number of phenolic OH excluding ortho intramolecular Hbond substituents is 1. The van der Waals surface area contributed by atoms with E-state index in [1.165, 1.54) is 6.07 Å². The molecule has 0 aliphatic heterocycles. The third kappa shape index (κ3) is 6.39. The van der Waals surface area contributed by atoms with Crippen molar-refractivity contribution in [2.45, 2.75) is 25.0 Å². The molecule has 2 aromatic carbocycles. The fourth-order valence-electron chi connectivity index (χ4n) is 2.41. The minimum Gasteiger partial charge on any atom is -0.508 e. The van der Waals surface area contributed by atoms with E-state index in [1.54, 1.807) is 24.3 Å². The van der Waals surface area contributed by atoms with Gasteiger partial charge < -0.3 is 25.2 Å². The third-order valence-electron chi connectivity index (χ3n) is 3.79. The quantitative estimate of drug-likeness (QED) is 0.519. The molecule has 2 atom stereocenters. The zero-order valence-corrected chi connectivity index (χ0v) is 14.5. The Balaban J connectivity index is 2.05. The number of hydrogen-bond acceptors (Lipinski definition) is 5. The topological polar surface area (TPSA) is 90.2 Å². The van der Waals surface area contributed by atoms with Crippen molar-refractivity contribution in [3.63, 3.8) is 0 Å². The molecule has 138 valence electrons. The summed E-state index contributed by atoms with van der Waals surface area (Å²) in [5.74, 6) is 0.736. The molecule has 0 aromatic heterocycles. The van der Waals surface area contributed by atoms with Gasteiger partial charge in [-0.15, -0.1) is 5.73 Å². The Kier molecular flexibility index (Phi) is 7.93. The molecule has 0 saturated heterocycles. The number of benzene rings is 2. The van der Waals surface area contributed by atoms with Crippen LogP contribution < -0.4 is 4.74 Å². The first-order valence-corrected chi connectivity index (χ1v) is 8.45. The van der Waals surface area contributed by atoms with Crippen LogP contribution >= 0.6 is 0 Å². The molecular weight excluding hydrogens is 332 g/mol. The lowest BCUT2D eigenvalue weighted by atomic mass is 10.0. The average molecular weight is 356 g/mol. The molecular formula is C21H24O5. The van der Waals surface area contributed by atoms with Crippen LogP contribution in [0.3, 0.4) is 0 Å². The Morgan fingerprint density at radius 1 is 1.04 bits per heavy atom. The standard InChI is InChI=1S/C21H24O5/c22-14-17(23)13-16(15-26-18-8-2-1-3-9-18)7-6-12-21(25)19-10-4-5-11-20(19)24/h1-6,8-11,17,21-25H,12-15H2/t7?,17-,21-/m1/s1. The molecule has 0 amide bonds. The molecule has 0 radical (unpaired) electrons. The van der Waals surface area contributed by atoms with Crippen LogP contribution in [0, 0.1) is 0 Å².